The first kappa shape index (κ1) is 26.6. The first-order chi connectivity index (χ1) is 15.6. The molecular weight excluding hydrogens is 466 g/mol. The first-order valence-corrected chi connectivity index (χ1v) is 12.8. The van der Waals surface area contributed by atoms with E-state index in [-0.39, 0.29) is 31.2 Å². The summed E-state index contributed by atoms with van der Waals surface area (Å²) in [6, 6.07) is 11.8. The van der Waals surface area contributed by atoms with Crippen LogP contribution >= 0.6 is 11.6 Å². The molecular formula is C23H30ClN3O5S. The summed E-state index contributed by atoms with van der Waals surface area (Å²) >= 11 is 6.15. The first-order valence-electron chi connectivity index (χ1n) is 10.5. The Morgan fingerprint density at radius 3 is 2.52 bits per heavy atom. The number of anilines is 2. The molecule has 0 saturated heterocycles. The number of sulfonamides is 1. The van der Waals surface area contributed by atoms with Crippen LogP contribution in [0.15, 0.2) is 42.5 Å². The molecule has 2 aromatic carbocycles. The van der Waals surface area contributed by atoms with Crippen LogP contribution in [-0.2, 0) is 19.6 Å². The molecule has 2 amide bonds. The number of para-hydroxylation sites is 1. The molecule has 10 heteroatoms. The van der Waals surface area contributed by atoms with Crippen LogP contribution in [0.3, 0.4) is 0 Å². The van der Waals surface area contributed by atoms with E-state index >= 15 is 0 Å². The quantitative estimate of drug-likeness (QED) is 0.438. The topological polar surface area (TPSA) is 105 Å². The van der Waals surface area contributed by atoms with Gasteiger partial charge in [-0.2, -0.15) is 0 Å². The lowest BCUT2D eigenvalue weighted by Gasteiger charge is -2.24. The molecule has 2 N–H and O–H groups in total. The highest BCUT2D eigenvalue weighted by Crippen LogP contribution is 2.28. The van der Waals surface area contributed by atoms with Gasteiger partial charge in [-0.05, 0) is 49.6 Å². The van der Waals surface area contributed by atoms with E-state index in [1.54, 1.807) is 56.5 Å². The van der Waals surface area contributed by atoms with Crippen molar-refractivity contribution >= 4 is 44.8 Å². The van der Waals surface area contributed by atoms with Gasteiger partial charge >= 0.3 is 0 Å². The predicted octanol–water partition coefficient (Wildman–Crippen LogP) is 3.60. The number of carbonyl (C=O) groups excluding carboxylic acids is 2. The summed E-state index contributed by atoms with van der Waals surface area (Å²) in [5.41, 5.74) is 1.90. The zero-order valence-electron chi connectivity index (χ0n) is 19.1. The number of hydrogen-bond acceptors (Lipinski definition) is 5. The minimum Gasteiger partial charge on any atom is -0.385 e. The van der Waals surface area contributed by atoms with Crippen LogP contribution < -0.4 is 14.9 Å². The van der Waals surface area contributed by atoms with E-state index in [1.807, 2.05) is 0 Å². The third-order valence-corrected chi connectivity index (χ3v) is 6.52. The number of rotatable bonds is 12. The van der Waals surface area contributed by atoms with Crippen molar-refractivity contribution in [3.63, 3.8) is 0 Å². The van der Waals surface area contributed by atoms with Gasteiger partial charge in [-0.15, -0.1) is 0 Å². The zero-order chi connectivity index (χ0) is 24.4. The molecule has 2 rings (SSSR count). The summed E-state index contributed by atoms with van der Waals surface area (Å²) in [4.78, 5) is 25.0. The largest absolute Gasteiger partial charge is 0.385 e. The van der Waals surface area contributed by atoms with E-state index in [4.69, 9.17) is 16.3 Å². The highest BCUT2D eigenvalue weighted by atomic mass is 35.5. The highest BCUT2D eigenvalue weighted by molar-refractivity contribution is 7.92. The van der Waals surface area contributed by atoms with E-state index in [2.05, 4.69) is 10.6 Å². The van der Waals surface area contributed by atoms with Gasteiger partial charge in [0, 0.05) is 38.2 Å². The standard InChI is InChI=1S/C23H30ClN3O5S/c1-17-19(24)10-6-12-21(17)27(33(3,30)31)15-7-13-22(28)26-20-11-5-4-9-18(20)23(29)25-14-8-16-32-2/h4-6,9-12H,7-8,13-16H2,1-3H3,(H,25,29)(H,26,28). The van der Waals surface area contributed by atoms with Crippen LogP contribution in [0, 0.1) is 6.92 Å². The maximum Gasteiger partial charge on any atom is 0.253 e. The normalized spacial score (nSPS) is 11.2. The lowest BCUT2D eigenvalue weighted by atomic mass is 10.1. The molecule has 0 bridgehead atoms. The molecule has 0 aliphatic carbocycles. The number of carbonyl (C=O) groups is 2. The molecule has 0 fully saturated rings. The minimum atomic E-state index is -3.56. The van der Waals surface area contributed by atoms with E-state index in [9.17, 15) is 18.0 Å². The molecule has 0 aliphatic heterocycles. The summed E-state index contributed by atoms with van der Waals surface area (Å²) in [5.74, 6) is -0.604. The van der Waals surface area contributed by atoms with Gasteiger partial charge in [-0.25, -0.2) is 8.42 Å². The number of halogens is 1. The number of amides is 2. The summed E-state index contributed by atoms with van der Waals surface area (Å²) in [6.07, 6.45) is 2.17. The Kier molecular flexibility index (Phi) is 10.1. The van der Waals surface area contributed by atoms with Crippen LogP contribution in [0.2, 0.25) is 5.02 Å². The van der Waals surface area contributed by atoms with E-state index < -0.39 is 10.0 Å². The van der Waals surface area contributed by atoms with Gasteiger partial charge in [-0.1, -0.05) is 29.8 Å². The fraction of sp³-hybridized carbons (Fsp3) is 0.391. The van der Waals surface area contributed by atoms with Crippen molar-refractivity contribution < 1.29 is 22.7 Å². The van der Waals surface area contributed by atoms with Crippen molar-refractivity contribution in [2.75, 3.05) is 42.7 Å². The van der Waals surface area contributed by atoms with Gasteiger partial charge in [0.1, 0.15) is 0 Å². The summed E-state index contributed by atoms with van der Waals surface area (Å²) in [6.45, 7) is 2.87. The summed E-state index contributed by atoms with van der Waals surface area (Å²) in [5, 5.41) is 6.02. The number of methoxy groups -OCH3 is 1. The molecule has 0 saturated carbocycles. The number of benzene rings is 2. The lowest BCUT2D eigenvalue weighted by molar-refractivity contribution is -0.116. The Bertz CT molecular complexity index is 1080. The van der Waals surface area contributed by atoms with E-state index in [1.165, 1.54) is 4.31 Å². The fourth-order valence-electron chi connectivity index (χ4n) is 3.23. The summed E-state index contributed by atoms with van der Waals surface area (Å²) in [7, 11) is -1.97. The average molecular weight is 496 g/mol. The Balaban J connectivity index is 2.00. The number of nitrogens with one attached hydrogen (secondary N) is 2. The molecule has 2 aromatic rings. The third-order valence-electron chi connectivity index (χ3n) is 4.93. The summed E-state index contributed by atoms with van der Waals surface area (Å²) < 4.78 is 30.9. The molecule has 8 nitrogen and oxygen atoms in total. The average Bonchev–Trinajstić information content (AvgIpc) is 2.76. The lowest BCUT2D eigenvalue weighted by Crippen LogP contribution is -2.32. The van der Waals surface area contributed by atoms with Crippen molar-refractivity contribution in [3.05, 3.63) is 58.6 Å². The van der Waals surface area contributed by atoms with E-state index in [0.29, 0.717) is 47.1 Å². The van der Waals surface area contributed by atoms with Crippen LogP contribution in [0.1, 0.15) is 35.2 Å². The van der Waals surface area contributed by atoms with Crippen molar-refractivity contribution in [1.82, 2.24) is 5.32 Å². The van der Waals surface area contributed by atoms with Crippen LogP contribution in [-0.4, -0.2) is 53.3 Å². The van der Waals surface area contributed by atoms with Crippen molar-refractivity contribution in [2.45, 2.75) is 26.2 Å². The second-order valence-electron chi connectivity index (χ2n) is 7.52. The highest BCUT2D eigenvalue weighted by Gasteiger charge is 2.20. The molecule has 0 heterocycles. The number of nitrogens with zero attached hydrogens (tertiary/aromatic N) is 1. The van der Waals surface area contributed by atoms with Gasteiger partial charge < -0.3 is 15.4 Å². The molecule has 0 unspecified atom stereocenters. The minimum absolute atomic E-state index is 0.0788. The number of hydrogen-bond donors (Lipinski definition) is 2. The zero-order valence-corrected chi connectivity index (χ0v) is 20.6. The molecule has 0 radical (unpaired) electrons. The van der Waals surface area contributed by atoms with Crippen molar-refractivity contribution in [1.29, 1.82) is 0 Å². The molecule has 0 aromatic heterocycles. The molecule has 0 atom stereocenters. The second kappa shape index (κ2) is 12.6. The molecule has 0 aliphatic rings. The fourth-order valence-corrected chi connectivity index (χ4v) is 4.42. The predicted molar refractivity (Wildman–Crippen MR) is 132 cm³/mol. The second-order valence-corrected chi connectivity index (χ2v) is 9.83. The molecule has 0 spiro atoms. The van der Waals surface area contributed by atoms with Crippen molar-refractivity contribution in [2.24, 2.45) is 0 Å². The molecule has 33 heavy (non-hydrogen) atoms. The van der Waals surface area contributed by atoms with Crippen LogP contribution in [0.25, 0.3) is 0 Å². The van der Waals surface area contributed by atoms with Crippen LogP contribution in [0.4, 0.5) is 11.4 Å². The van der Waals surface area contributed by atoms with Gasteiger partial charge in [0.25, 0.3) is 5.91 Å². The van der Waals surface area contributed by atoms with Gasteiger partial charge in [0.2, 0.25) is 15.9 Å². The van der Waals surface area contributed by atoms with E-state index in [0.717, 1.165) is 6.26 Å². The van der Waals surface area contributed by atoms with Crippen LogP contribution in [0.5, 0.6) is 0 Å². The smallest absolute Gasteiger partial charge is 0.253 e. The SMILES string of the molecule is COCCCNC(=O)c1ccccc1NC(=O)CCCN(c1cccc(Cl)c1C)S(C)(=O)=O. The third kappa shape index (κ3) is 8.03. The van der Waals surface area contributed by atoms with Crippen molar-refractivity contribution in [3.8, 4) is 0 Å². The van der Waals surface area contributed by atoms with Gasteiger partial charge in [-0.3, -0.25) is 13.9 Å². The Labute approximate surface area is 200 Å². The Hall–Kier alpha value is -2.62. The molecule has 180 valence electrons. The monoisotopic (exact) mass is 495 g/mol. The van der Waals surface area contributed by atoms with Gasteiger partial charge in [0.15, 0.2) is 0 Å². The Morgan fingerprint density at radius 2 is 1.82 bits per heavy atom. The Morgan fingerprint density at radius 1 is 1.09 bits per heavy atom. The maximum atomic E-state index is 12.5. The maximum absolute atomic E-state index is 12.5. The van der Waals surface area contributed by atoms with Gasteiger partial charge in [0.05, 0.1) is 23.2 Å². The number of ether oxygens (including phenoxy) is 1.